The fourth-order valence-electron chi connectivity index (χ4n) is 1.20. The Bertz CT molecular complexity index is 664. The maximum absolute atomic E-state index is 12.0. The fourth-order valence-corrected chi connectivity index (χ4v) is 2.99. The minimum Gasteiger partial charge on any atom is -0.277 e. The van der Waals surface area contributed by atoms with E-state index < -0.39 is 10.0 Å². The number of anilines is 1. The van der Waals surface area contributed by atoms with E-state index in [1.807, 2.05) is 22.6 Å². The smallest absolute Gasteiger partial charge is 0.263 e. The van der Waals surface area contributed by atoms with Crippen LogP contribution >= 0.6 is 34.2 Å². The lowest BCUT2D eigenvalue weighted by atomic mass is 10.4. The van der Waals surface area contributed by atoms with E-state index in [1.165, 1.54) is 30.7 Å². The van der Waals surface area contributed by atoms with Crippen molar-refractivity contribution < 1.29 is 8.42 Å². The number of nitrogens with zero attached hydrogens (tertiary/aromatic N) is 2. The molecule has 0 atom stereocenters. The highest BCUT2D eigenvalue weighted by molar-refractivity contribution is 14.1. The molecule has 94 valence electrons. The summed E-state index contributed by atoms with van der Waals surface area (Å²) < 4.78 is 27.0. The van der Waals surface area contributed by atoms with Crippen molar-refractivity contribution in [3.63, 3.8) is 0 Å². The van der Waals surface area contributed by atoms with Crippen LogP contribution in [0.4, 0.5) is 5.69 Å². The molecule has 0 amide bonds. The Morgan fingerprint density at radius 1 is 1.33 bits per heavy atom. The Morgan fingerprint density at radius 2 is 2.11 bits per heavy atom. The maximum atomic E-state index is 12.0. The number of aromatic nitrogens is 2. The Hall–Kier alpha value is -0.930. The van der Waals surface area contributed by atoms with Gasteiger partial charge in [-0.05, 0) is 40.8 Å². The van der Waals surface area contributed by atoms with Crippen LogP contribution in [0.25, 0.3) is 0 Å². The predicted octanol–water partition coefficient (Wildman–Crippen LogP) is 2.54. The van der Waals surface area contributed by atoms with Gasteiger partial charge in [0.25, 0.3) is 10.0 Å². The summed E-state index contributed by atoms with van der Waals surface area (Å²) in [5.74, 6) is 0. The van der Waals surface area contributed by atoms with Gasteiger partial charge < -0.3 is 0 Å². The monoisotopic (exact) mass is 395 g/mol. The Kier molecular flexibility index (Phi) is 4.03. The second kappa shape index (κ2) is 5.37. The van der Waals surface area contributed by atoms with Crippen LogP contribution in [0.1, 0.15) is 0 Å². The SMILES string of the molecule is O=S(=O)(Nc1cc(Cl)cnc1I)c1cccnc1. The van der Waals surface area contributed by atoms with Gasteiger partial charge in [0.2, 0.25) is 0 Å². The number of rotatable bonds is 3. The van der Waals surface area contributed by atoms with Crippen molar-refractivity contribution in [3.8, 4) is 0 Å². The van der Waals surface area contributed by atoms with Gasteiger partial charge in [0.15, 0.2) is 0 Å². The molecule has 8 heteroatoms. The van der Waals surface area contributed by atoms with Gasteiger partial charge in [-0.15, -0.1) is 0 Å². The zero-order chi connectivity index (χ0) is 13.2. The largest absolute Gasteiger partial charge is 0.277 e. The van der Waals surface area contributed by atoms with Crippen LogP contribution in [0.3, 0.4) is 0 Å². The summed E-state index contributed by atoms with van der Waals surface area (Å²) in [7, 11) is -3.67. The van der Waals surface area contributed by atoms with Crippen LogP contribution in [-0.2, 0) is 10.0 Å². The molecule has 0 spiro atoms. The van der Waals surface area contributed by atoms with Crippen molar-refractivity contribution in [2.24, 2.45) is 0 Å². The summed E-state index contributed by atoms with van der Waals surface area (Å²) in [6.07, 6.45) is 4.22. The number of pyridine rings is 2. The molecule has 0 saturated carbocycles. The Labute approximate surface area is 123 Å². The van der Waals surface area contributed by atoms with E-state index in [1.54, 1.807) is 6.07 Å². The summed E-state index contributed by atoms with van der Waals surface area (Å²) in [6, 6.07) is 4.51. The fraction of sp³-hybridized carbons (Fsp3) is 0. The van der Waals surface area contributed by atoms with Crippen molar-refractivity contribution in [3.05, 3.63) is 45.5 Å². The van der Waals surface area contributed by atoms with E-state index in [0.717, 1.165) is 0 Å². The summed E-state index contributed by atoms with van der Waals surface area (Å²) >= 11 is 7.70. The first kappa shape index (κ1) is 13.5. The van der Waals surface area contributed by atoms with E-state index in [-0.39, 0.29) is 4.90 Å². The molecule has 2 aromatic heterocycles. The van der Waals surface area contributed by atoms with Crippen LogP contribution in [0.2, 0.25) is 5.02 Å². The normalized spacial score (nSPS) is 11.2. The minimum atomic E-state index is -3.67. The molecule has 0 aliphatic heterocycles. The first-order chi connectivity index (χ1) is 8.49. The van der Waals surface area contributed by atoms with Crippen molar-refractivity contribution in [1.29, 1.82) is 0 Å². The highest BCUT2D eigenvalue weighted by atomic mass is 127. The standard InChI is InChI=1S/C10H7ClIN3O2S/c11-7-4-9(10(12)14-5-7)15-18(16,17)8-2-1-3-13-6-8/h1-6,15H. The molecule has 0 bridgehead atoms. The van der Waals surface area contributed by atoms with Gasteiger partial charge in [-0.25, -0.2) is 13.4 Å². The average Bonchev–Trinajstić information content (AvgIpc) is 2.35. The molecule has 0 radical (unpaired) electrons. The van der Waals surface area contributed by atoms with Crippen LogP contribution < -0.4 is 4.72 Å². The zero-order valence-corrected chi connectivity index (χ0v) is 12.6. The molecule has 0 aliphatic carbocycles. The molecule has 5 nitrogen and oxygen atoms in total. The molecule has 1 N–H and O–H groups in total. The van der Waals surface area contributed by atoms with E-state index >= 15 is 0 Å². The number of sulfonamides is 1. The minimum absolute atomic E-state index is 0.0841. The van der Waals surface area contributed by atoms with Crippen molar-refractivity contribution in [2.45, 2.75) is 4.90 Å². The maximum Gasteiger partial charge on any atom is 0.263 e. The second-order valence-electron chi connectivity index (χ2n) is 3.29. The van der Waals surface area contributed by atoms with E-state index in [2.05, 4.69) is 14.7 Å². The van der Waals surface area contributed by atoms with Gasteiger partial charge in [-0.3, -0.25) is 9.71 Å². The van der Waals surface area contributed by atoms with E-state index in [4.69, 9.17) is 11.6 Å². The molecular weight excluding hydrogens is 389 g/mol. The molecule has 0 aliphatic rings. The number of nitrogens with one attached hydrogen (secondary N) is 1. The molecule has 2 rings (SSSR count). The zero-order valence-electron chi connectivity index (χ0n) is 8.84. The van der Waals surface area contributed by atoms with Crippen molar-refractivity contribution in [2.75, 3.05) is 4.72 Å². The lowest BCUT2D eigenvalue weighted by Crippen LogP contribution is -2.14. The van der Waals surface area contributed by atoms with Gasteiger partial charge in [-0.1, -0.05) is 11.6 Å². The first-order valence-corrected chi connectivity index (χ1v) is 7.67. The lowest BCUT2D eigenvalue weighted by Gasteiger charge is -2.09. The molecule has 0 unspecified atom stereocenters. The quantitative estimate of drug-likeness (QED) is 0.640. The summed E-state index contributed by atoms with van der Waals surface area (Å²) in [4.78, 5) is 7.82. The van der Waals surface area contributed by atoms with Gasteiger partial charge in [0.1, 0.15) is 8.60 Å². The van der Waals surface area contributed by atoms with Crippen molar-refractivity contribution in [1.82, 2.24) is 9.97 Å². The average molecular weight is 396 g/mol. The predicted molar refractivity (Wildman–Crippen MR) is 77.0 cm³/mol. The molecule has 0 aromatic carbocycles. The van der Waals surface area contributed by atoms with Gasteiger partial charge >= 0.3 is 0 Å². The molecule has 0 saturated heterocycles. The third-order valence-corrected chi connectivity index (χ3v) is 4.41. The highest BCUT2D eigenvalue weighted by Crippen LogP contribution is 2.22. The Balaban J connectivity index is 2.37. The first-order valence-electron chi connectivity index (χ1n) is 4.73. The third-order valence-electron chi connectivity index (χ3n) is 1.99. The second-order valence-corrected chi connectivity index (χ2v) is 6.43. The van der Waals surface area contributed by atoms with Crippen LogP contribution in [-0.4, -0.2) is 18.4 Å². The van der Waals surface area contributed by atoms with Gasteiger partial charge in [0.05, 0.1) is 10.7 Å². The van der Waals surface area contributed by atoms with Crippen LogP contribution in [0, 0.1) is 3.70 Å². The molecule has 0 fully saturated rings. The molecule has 18 heavy (non-hydrogen) atoms. The van der Waals surface area contributed by atoms with Crippen molar-refractivity contribution >= 4 is 49.9 Å². The number of hydrogen-bond acceptors (Lipinski definition) is 4. The highest BCUT2D eigenvalue weighted by Gasteiger charge is 2.16. The number of halogens is 2. The molecule has 2 heterocycles. The van der Waals surface area contributed by atoms with Crippen LogP contribution in [0.5, 0.6) is 0 Å². The third kappa shape index (κ3) is 3.09. The molecule has 2 aromatic rings. The van der Waals surface area contributed by atoms with Gasteiger partial charge in [0, 0.05) is 18.6 Å². The lowest BCUT2D eigenvalue weighted by molar-refractivity contribution is 0.600. The van der Waals surface area contributed by atoms with Crippen LogP contribution in [0.15, 0.2) is 41.7 Å². The summed E-state index contributed by atoms with van der Waals surface area (Å²) in [6.45, 7) is 0. The van der Waals surface area contributed by atoms with E-state index in [0.29, 0.717) is 14.4 Å². The molecular formula is C10H7ClIN3O2S. The van der Waals surface area contributed by atoms with Gasteiger partial charge in [-0.2, -0.15) is 0 Å². The Morgan fingerprint density at radius 3 is 2.78 bits per heavy atom. The van der Waals surface area contributed by atoms with E-state index in [9.17, 15) is 8.42 Å². The number of hydrogen-bond donors (Lipinski definition) is 1. The summed E-state index contributed by atoms with van der Waals surface area (Å²) in [5, 5.41) is 0.360. The topological polar surface area (TPSA) is 72.0 Å². The summed E-state index contributed by atoms with van der Waals surface area (Å²) in [5.41, 5.74) is 0.340.